The Bertz CT molecular complexity index is 619. The van der Waals surface area contributed by atoms with Crippen molar-refractivity contribution in [1.29, 1.82) is 0 Å². The van der Waals surface area contributed by atoms with Gasteiger partial charge in [0.15, 0.2) is 0 Å². The maximum Gasteiger partial charge on any atom is 0.137 e. The monoisotopic (exact) mass is 254 g/mol. The molecule has 0 radical (unpaired) electrons. The maximum absolute atomic E-state index is 10.6. The standard InChI is InChI=1S/C16H18N2O/c1-18-9-8-17-16(18)15(19)14-12-7-6-10-4-2-3-5-11(10)13(12)14/h2-5,8-9,12-15,19H,6-7H2,1H3. The molecule has 1 fully saturated rings. The van der Waals surface area contributed by atoms with Crippen molar-refractivity contribution in [2.24, 2.45) is 18.9 Å². The Morgan fingerprint density at radius 3 is 3.00 bits per heavy atom. The van der Waals surface area contributed by atoms with Gasteiger partial charge in [-0.2, -0.15) is 0 Å². The van der Waals surface area contributed by atoms with Crippen molar-refractivity contribution >= 4 is 0 Å². The number of rotatable bonds is 2. The van der Waals surface area contributed by atoms with Crippen molar-refractivity contribution in [1.82, 2.24) is 9.55 Å². The Labute approximate surface area is 112 Å². The highest BCUT2D eigenvalue weighted by atomic mass is 16.3. The largest absolute Gasteiger partial charge is 0.385 e. The lowest BCUT2D eigenvalue weighted by molar-refractivity contribution is 0.132. The van der Waals surface area contributed by atoms with Gasteiger partial charge >= 0.3 is 0 Å². The number of aliphatic hydroxyl groups is 1. The Kier molecular flexibility index (Phi) is 2.33. The van der Waals surface area contributed by atoms with Crippen LogP contribution in [0.2, 0.25) is 0 Å². The number of benzene rings is 1. The van der Waals surface area contributed by atoms with Crippen LogP contribution in [0.4, 0.5) is 0 Å². The molecule has 4 rings (SSSR count). The van der Waals surface area contributed by atoms with Gasteiger partial charge in [0, 0.05) is 25.4 Å². The quantitative estimate of drug-likeness (QED) is 0.894. The predicted octanol–water partition coefficient (Wildman–Crippen LogP) is 2.43. The van der Waals surface area contributed by atoms with Crippen LogP contribution < -0.4 is 0 Å². The van der Waals surface area contributed by atoms with E-state index in [1.54, 1.807) is 6.20 Å². The van der Waals surface area contributed by atoms with Crippen LogP contribution in [-0.4, -0.2) is 14.7 Å². The number of aryl methyl sites for hydroxylation is 2. The summed E-state index contributed by atoms with van der Waals surface area (Å²) in [4.78, 5) is 4.30. The van der Waals surface area contributed by atoms with Crippen molar-refractivity contribution in [2.75, 3.05) is 0 Å². The van der Waals surface area contributed by atoms with Crippen molar-refractivity contribution in [3.05, 3.63) is 53.6 Å². The number of fused-ring (bicyclic) bond motifs is 3. The molecule has 3 nitrogen and oxygen atoms in total. The molecule has 2 aromatic rings. The first-order valence-electron chi connectivity index (χ1n) is 7.00. The molecule has 0 amide bonds. The summed E-state index contributed by atoms with van der Waals surface area (Å²) in [6.45, 7) is 0. The summed E-state index contributed by atoms with van der Waals surface area (Å²) in [6.07, 6.45) is 5.59. The Balaban J connectivity index is 1.66. The first-order valence-corrected chi connectivity index (χ1v) is 7.00. The third-order valence-electron chi connectivity index (χ3n) is 4.88. The normalized spacial score (nSPS) is 29.5. The van der Waals surface area contributed by atoms with Crippen molar-refractivity contribution < 1.29 is 5.11 Å². The van der Waals surface area contributed by atoms with Crippen LogP contribution in [0.25, 0.3) is 0 Å². The molecule has 98 valence electrons. The molecule has 1 N–H and O–H groups in total. The molecule has 2 aliphatic rings. The van der Waals surface area contributed by atoms with E-state index in [-0.39, 0.29) is 0 Å². The predicted molar refractivity (Wildman–Crippen MR) is 72.7 cm³/mol. The fourth-order valence-corrected chi connectivity index (χ4v) is 3.88. The van der Waals surface area contributed by atoms with E-state index >= 15 is 0 Å². The van der Waals surface area contributed by atoms with Gasteiger partial charge in [-0.05, 0) is 35.8 Å². The average Bonchev–Trinajstić information content (AvgIpc) is 3.04. The first kappa shape index (κ1) is 11.2. The Morgan fingerprint density at radius 1 is 1.37 bits per heavy atom. The van der Waals surface area contributed by atoms with Gasteiger partial charge in [0.2, 0.25) is 0 Å². The summed E-state index contributed by atoms with van der Waals surface area (Å²) in [5.41, 5.74) is 2.93. The second kappa shape index (κ2) is 3.94. The van der Waals surface area contributed by atoms with Crippen molar-refractivity contribution in [3.8, 4) is 0 Å². The van der Waals surface area contributed by atoms with E-state index in [0.717, 1.165) is 12.2 Å². The summed E-state index contributed by atoms with van der Waals surface area (Å²) in [7, 11) is 1.95. The van der Waals surface area contributed by atoms with Gasteiger partial charge in [-0.25, -0.2) is 4.98 Å². The molecule has 4 atom stereocenters. The van der Waals surface area contributed by atoms with Gasteiger partial charge in [0.05, 0.1) is 0 Å². The molecule has 0 bridgehead atoms. The average molecular weight is 254 g/mol. The van der Waals surface area contributed by atoms with Gasteiger partial charge in [0.25, 0.3) is 0 Å². The molecule has 1 heterocycles. The molecule has 4 unspecified atom stereocenters. The van der Waals surface area contributed by atoms with E-state index in [1.165, 1.54) is 17.5 Å². The number of imidazole rings is 1. The minimum atomic E-state index is -0.429. The summed E-state index contributed by atoms with van der Waals surface area (Å²) in [6, 6.07) is 8.70. The van der Waals surface area contributed by atoms with Crippen molar-refractivity contribution in [2.45, 2.75) is 24.9 Å². The minimum Gasteiger partial charge on any atom is -0.385 e. The fraction of sp³-hybridized carbons (Fsp3) is 0.438. The highest BCUT2D eigenvalue weighted by molar-refractivity contribution is 5.40. The van der Waals surface area contributed by atoms with E-state index in [0.29, 0.717) is 17.8 Å². The molecule has 0 spiro atoms. The number of hydrogen-bond donors (Lipinski definition) is 1. The van der Waals surface area contributed by atoms with Gasteiger partial charge in [0.1, 0.15) is 11.9 Å². The Hall–Kier alpha value is -1.61. The van der Waals surface area contributed by atoms with Crippen molar-refractivity contribution in [3.63, 3.8) is 0 Å². The van der Waals surface area contributed by atoms with Crippen LogP contribution in [0.5, 0.6) is 0 Å². The molecule has 2 aliphatic carbocycles. The lowest BCUT2D eigenvalue weighted by Crippen LogP contribution is -2.08. The zero-order valence-corrected chi connectivity index (χ0v) is 11.0. The van der Waals surface area contributed by atoms with E-state index in [9.17, 15) is 5.11 Å². The van der Waals surface area contributed by atoms with Crippen LogP contribution in [0.3, 0.4) is 0 Å². The van der Waals surface area contributed by atoms with Crippen LogP contribution in [0.15, 0.2) is 36.7 Å². The molecular weight excluding hydrogens is 236 g/mol. The second-order valence-corrected chi connectivity index (χ2v) is 5.85. The lowest BCUT2D eigenvalue weighted by atomic mass is 9.92. The summed E-state index contributed by atoms with van der Waals surface area (Å²) in [5.74, 6) is 2.33. The maximum atomic E-state index is 10.6. The third-order valence-corrected chi connectivity index (χ3v) is 4.88. The highest BCUT2D eigenvalue weighted by Crippen LogP contribution is 2.63. The number of hydrogen-bond acceptors (Lipinski definition) is 2. The van der Waals surface area contributed by atoms with E-state index in [4.69, 9.17) is 0 Å². The molecule has 0 aliphatic heterocycles. The third kappa shape index (κ3) is 1.58. The number of aromatic nitrogens is 2. The minimum absolute atomic E-state index is 0.352. The van der Waals surface area contributed by atoms with Crippen LogP contribution in [-0.2, 0) is 13.5 Å². The molecule has 1 aromatic heterocycles. The van der Waals surface area contributed by atoms with E-state index in [2.05, 4.69) is 29.2 Å². The molecule has 0 saturated heterocycles. The van der Waals surface area contributed by atoms with Gasteiger partial charge in [-0.1, -0.05) is 24.3 Å². The van der Waals surface area contributed by atoms with Gasteiger partial charge in [-0.3, -0.25) is 0 Å². The molecular formula is C16H18N2O. The summed E-state index contributed by atoms with van der Waals surface area (Å²) in [5, 5.41) is 10.6. The topological polar surface area (TPSA) is 38.0 Å². The highest BCUT2D eigenvalue weighted by Gasteiger charge is 2.57. The van der Waals surface area contributed by atoms with Crippen LogP contribution in [0, 0.1) is 11.8 Å². The number of nitrogens with zero attached hydrogens (tertiary/aromatic N) is 2. The lowest BCUT2D eigenvalue weighted by Gasteiger charge is -2.13. The Morgan fingerprint density at radius 2 is 2.21 bits per heavy atom. The van der Waals surface area contributed by atoms with E-state index < -0.39 is 6.10 Å². The molecule has 3 heteroatoms. The molecule has 19 heavy (non-hydrogen) atoms. The SMILES string of the molecule is Cn1ccnc1C(O)C1C2CCc3ccccc3C21. The van der Waals surface area contributed by atoms with E-state index in [1.807, 2.05) is 17.8 Å². The molecule has 1 saturated carbocycles. The van der Waals surface area contributed by atoms with Crippen LogP contribution in [0.1, 0.15) is 35.4 Å². The van der Waals surface area contributed by atoms with Gasteiger partial charge < -0.3 is 9.67 Å². The van der Waals surface area contributed by atoms with Gasteiger partial charge in [-0.15, -0.1) is 0 Å². The zero-order chi connectivity index (χ0) is 13.0. The zero-order valence-electron chi connectivity index (χ0n) is 11.0. The summed E-state index contributed by atoms with van der Waals surface area (Å²) < 4.78 is 1.93. The summed E-state index contributed by atoms with van der Waals surface area (Å²) >= 11 is 0. The smallest absolute Gasteiger partial charge is 0.137 e. The first-order chi connectivity index (χ1) is 9.27. The number of aliphatic hydroxyl groups excluding tert-OH is 1. The van der Waals surface area contributed by atoms with Crippen LogP contribution >= 0.6 is 0 Å². The molecule has 1 aromatic carbocycles. The second-order valence-electron chi connectivity index (χ2n) is 5.85. The fourth-order valence-electron chi connectivity index (χ4n) is 3.88.